The lowest BCUT2D eigenvalue weighted by molar-refractivity contribution is -0.123. The first-order valence-electron chi connectivity index (χ1n) is 6.17. The van der Waals surface area contributed by atoms with E-state index in [4.69, 9.17) is 4.74 Å². The van der Waals surface area contributed by atoms with Crippen LogP contribution in [0.25, 0.3) is 0 Å². The van der Waals surface area contributed by atoms with E-state index in [0.717, 1.165) is 44.5 Å². The predicted octanol–water partition coefficient (Wildman–Crippen LogP) is -0.514. The van der Waals surface area contributed by atoms with Crippen LogP contribution in [-0.2, 0) is 9.53 Å². The van der Waals surface area contributed by atoms with Crippen LogP contribution >= 0.6 is 11.8 Å². The lowest BCUT2D eigenvalue weighted by atomic mass is 10.2. The van der Waals surface area contributed by atoms with Gasteiger partial charge in [-0.15, -0.1) is 11.8 Å². The maximum Gasteiger partial charge on any atom is 0.238 e. The first kappa shape index (κ1) is 13.1. The third-order valence-corrected chi connectivity index (χ3v) is 4.00. The van der Waals surface area contributed by atoms with Gasteiger partial charge in [-0.25, -0.2) is 0 Å². The van der Waals surface area contributed by atoms with Gasteiger partial charge in [-0.2, -0.15) is 0 Å². The Labute approximate surface area is 107 Å². The summed E-state index contributed by atoms with van der Waals surface area (Å²) >= 11 is 1.77. The zero-order valence-electron chi connectivity index (χ0n) is 10.3. The van der Waals surface area contributed by atoms with Gasteiger partial charge in [0.15, 0.2) is 0 Å². The minimum Gasteiger partial charge on any atom is -0.379 e. The second-order valence-corrected chi connectivity index (χ2v) is 5.62. The number of amides is 1. The molecule has 0 spiro atoms. The first-order chi connectivity index (χ1) is 8.25. The SMILES string of the molecule is CC(CN1CCOCC1)NC(=O)C1CSCN1. The van der Waals surface area contributed by atoms with Crippen LogP contribution in [0.5, 0.6) is 0 Å². The van der Waals surface area contributed by atoms with E-state index in [9.17, 15) is 4.79 Å². The Kier molecular flexibility index (Phi) is 5.09. The van der Waals surface area contributed by atoms with Crippen LogP contribution in [0, 0.1) is 0 Å². The first-order valence-corrected chi connectivity index (χ1v) is 7.33. The van der Waals surface area contributed by atoms with Crippen molar-refractivity contribution in [3.63, 3.8) is 0 Å². The molecule has 0 aliphatic carbocycles. The van der Waals surface area contributed by atoms with Gasteiger partial charge in [-0.3, -0.25) is 15.0 Å². The van der Waals surface area contributed by atoms with E-state index in [1.807, 2.05) is 0 Å². The van der Waals surface area contributed by atoms with Gasteiger partial charge in [0.05, 0.1) is 19.3 Å². The molecule has 0 saturated carbocycles. The van der Waals surface area contributed by atoms with E-state index < -0.39 is 0 Å². The lowest BCUT2D eigenvalue weighted by Crippen LogP contribution is -2.50. The number of hydrogen-bond acceptors (Lipinski definition) is 5. The minimum atomic E-state index is -0.00728. The molecule has 2 heterocycles. The molecule has 0 aromatic carbocycles. The second kappa shape index (κ2) is 6.58. The van der Waals surface area contributed by atoms with Gasteiger partial charge in [0.1, 0.15) is 0 Å². The smallest absolute Gasteiger partial charge is 0.238 e. The third kappa shape index (κ3) is 4.13. The highest BCUT2D eigenvalue weighted by Crippen LogP contribution is 2.09. The Bertz CT molecular complexity index is 253. The molecule has 17 heavy (non-hydrogen) atoms. The van der Waals surface area contributed by atoms with Gasteiger partial charge >= 0.3 is 0 Å². The second-order valence-electron chi connectivity index (χ2n) is 4.59. The maximum atomic E-state index is 11.9. The third-order valence-electron chi connectivity index (χ3n) is 3.06. The fourth-order valence-electron chi connectivity index (χ4n) is 2.12. The molecule has 2 rings (SSSR count). The highest BCUT2D eigenvalue weighted by molar-refractivity contribution is 7.99. The Morgan fingerprint density at radius 3 is 3.00 bits per heavy atom. The fraction of sp³-hybridized carbons (Fsp3) is 0.909. The van der Waals surface area contributed by atoms with E-state index in [-0.39, 0.29) is 18.0 Å². The van der Waals surface area contributed by atoms with Crippen molar-refractivity contribution in [2.75, 3.05) is 44.5 Å². The van der Waals surface area contributed by atoms with E-state index in [1.54, 1.807) is 11.8 Å². The topological polar surface area (TPSA) is 53.6 Å². The van der Waals surface area contributed by atoms with Gasteiger partial charge in [0.2, 0.25) is 5.91 Å². The summed E-state index contributed by atoms with van der Waals surface area (Å²) < 4.78 is 5.30. The highest BCUT2D eigenvalue weighted by atomic mass is 32.2. The number of rotatable bonds is 4. The number of carbonyl (C=O) groups is 1. The Morgan fingerprint density at radius 2 is 2.35 bits per heavy atom. The molecule has 2 aliphatic heterocycles. The molecule has 2 fully saturated rings. The molecule has 2 aliphatic rings. The summed E-state index contributed by atoms with van der Waals surface area (Å²) in [5, 5.41) is 6.25. The predicted molar refractivity (Wildman–Crippen MR) is 69.1 cm³/mol. The average Bonchev–Trinajstić information content (AvgIpc) is 2.83. The molecule has 0 bridgehead atoms. The largest absolute Gasteiger partial charge is 0.379 e. The number of ether oxygens (including phenoxy) is 1. The molecular formula is C11H21N3O2S. The van der Waals surface area contributed by atoms with Crippen molar-refractivity contribution in [2.45, 2.75) is 19.0 Å². The van der Waals surface area contributed by atoms with Crippen LogP contribution in [-0.4, -0.2) is 67.4 Å². The molecule has 2 N–H and O–H groups in total. The van der Waals surface area contributed by atoms with Crippen molar-refractivity contribution in [3.05, 3.63) is 0 Å². The summed E-state index contributed by atoms with van der Waals surface area (Å²) in [7, 11) is 0. The van der Waals surface area contributed by atoms with Crippen LogP contribution in [0.15, 0.2) is 0 Å². The van der Waals surface area contributed by atoms with E-state index >= 15 is 0 Å². The number of morpholine rings is 1. The molecule has 98 valence electrons. The van der Waals surface area contributed by atoms with Crippen molar-refractivity contribution in [1.82, 2.24) is 15.5 Å². The summed E-state index contributed by atoms with van der Waals surface area (Å²) in [6, 6.07) is 0.195. The number of hydrogen-bond donors (Lipinski definition) is 2. The highest BCUT2D eigenvalue weighted by Gasteiger charge is 2.24. The summed E-state index contributed by atoms with van der Waals surface area (Å²) in [4.78, 5) is 14.2. The molecule has 2 atom stereocenters. The number of nitrogens with zero attached hydrogens (tertiary/aromatic N) is 1. The maximum absolute atomic E-state index is 11.9. The average molecular weight is 259 g/mol. The molecular weight excluding hydrogens is 238 g/mol. The standard InChI is InChI=1S/C11H21N3O2S/c1-9(6-14-2-4-16-5-3-14)13-11(15)10-7-17-8-12-10/h9-10,12H,2-8H2,1H3,(H,13,15). The number of thioether (sulfide) groups is 1. The van der Waals surface area contributed by atoms with Crippen molar-refractivity contribution >= 4 is 17.7 Å². The Balaban J connectivity index is 1.68. The van der Waals surface area contributed by atoms with Gasteiger partial charge in [-0.1, -0.05) is 0 Å². The fourth-order valence-corrected chi connectivity index (χ4v) is 3.07. The summed E-state index contributed by atoms with van der Waals surface area (Å²) in [6.45, 7) is 6.53. The molecule has 0 aromatic heterocycles. The van der Waals surface area contributed by atoms with Gasteiger partial charge in [0, 0.05) is 37.3 Å². The molecule has 6 heteroatoms. The molecule has 2 unspecified atom stereocenters. The minimum absolute atomic E-state index is 0.00728. The zero-order valence-corrected chi connectivity index (χ0v) is 11.1. The van der Waals surface area contributed by atoms with Crippen LogP contribution in [0.1, 0.15) is 6.92 Å². The van der Waals surface area contributed by atoms with Crippen LogP contribution in [0.3, 0.4) is 0 Å². The van der Waals surface area contributed by atoms with Gasteiger partial charge in [0.25, 0.3) is 0 Å². The van der Waals surface area contributed by atoms with E-state index in [0.29, 0.717) is 0 Å². The van der Waals surface area contributed by atoms with Gasteiger partial charge in [-0.05, 0) is 6.92 Å². The van der Waals surface area contributed by atoms with Crippen molar-refractivity contribution < 1.29 is 9.53 Å². The lowest BCUT2D eigenvalue weighted by Gasteiger charge is -2.29. The molecule has 0 radical (unpaired) electrons. The monoisotopic (exact) mass is 259 g/mol. The van der Waals surface area contributed by atoms with Crippen molar-refractivity contribution in [1.29, 1.82) is 0 Å². The van der Waals surface area contributed by atoms with Gasteiger partial charge < -0.3 is 10.1 Å². The number of nitrogens with one attached hydrogen (secondary N) is 2. The summed E-state index contributed by atoms with van der Waals surface area (Å²) in [5.74, 6) is 1.90. The Hall–Kier alpha value is -0.300. The molecule has 1 amide bonds. The van der Waals surface area contributed by atoms with E-state index in [1.165, 1.54) is 0 Å². The van der Waals surface area contributed by atoms with Crippen LogP contribution in [0.2, 0.25) is 0 Å². The number of carbonyl (C=O) groups excluding carboxylic acids is 1. The van der Waals surface area contributed by atoms with Crippen molar-refractivity contribution in [2.24, 2.45) is 0 Å². The Morgan fingerprint density at radius 1 is 1.59 bits per heavy atom. The van der Waals surface area contributed by atoms with Crippen LogP contribution in [0.4, 0.5) is 0 Å². The molecule has 2 saturated heterocycles. The molecule has 0 aromatic rings. The van der Waals surface area contributed by atoms with E-state index in [2.05, 4.69) is 22.5 Å². The normalized spacial score (nSPS) is 27.9. The zero-order chi connectivity index (χ0) is 12.1. The summed E-state index contributed by atoms with van der Waals surface area (Å²) in [5.41, 5.74) is 0. The summed E-state index contributed by atoms with van der Waals surface area (Å²) in [6.07, 6.45) is 0. The quantitative estimate of drug-likeness (QED) is 0.712. The van der Waals surface area contributed by atoms with Crippen molar-refractivity contribution in [3.8, 4) is 0 Å². The molecule has 5 nitrogen and oxygen atoms in total. The van der Waals surface area contributed by atoms with Crippen LogP contribution < -0.4 is 10.6 Å².